The summed E-state index contributed by atoms with van der Waals surface area (Å²) in [6, 6.07) is 1.29. The van der Waals surface area contributed by atoms with Crippen LogP contribution in [0.1, 0.15) is 27.0 Å². The van der Waals surface area contributed by atoms with Crippen molar-refractivity contribution < 1.29 is 31.1 Å². The monoisotopic (exact) mass is 267 g/mol. The number of carbonyl (C=O) groups is 1. The average molecular weight is 267 g/mol. The van der Waals surface area contributed by atoms with E-state index in [2.05, 4.69) is 0 Å². The highest BCUT2D eigenvalue weighted by Gasteiger charge is 2.41. The number of nitriles is 1. The first-order valence-electron chi connectivity index (χ1n) is 4.29. The minimum atomic E-state index is -5.15. The Hall–Kier alpha value is -2.04. The molecule has 96 valence electrons. The number of alkyl halides is 6. The molecule has 0 N–H and O–H groups in total. The summed E-state index contributed by atoms with van der Waals surface area (Å²) >= 11 is 0. The van der Waals surface area contributed by atoms with E-state index in [4.69, 9.17) is 5.26 Å². The van der Waals surface area contributed by atoms with E-state index in [-0.39, 0.29) is 18.4 Å². The molecule has 0 saturated heterocycles. The zero-order chi connectivity index (χ0) is 14.1. The smallest absolute Gasteiger partial charge is 0.298 e. The van der Waals surface area contributed by atoms with Crippen LogP contribution in [0, 0.1) is 11.3 Å². The summed E-state index contributed by atoms with van der Waals surface area (Å²) < 4.78 is 74.9. The van der Waals surface area contributed by atoms with Crippen LogP contribution < -0.4 is 0 Å². The Labute approximate surface area is 96.4 Å². The molecule has 0 radical (unpaired) electrons. The summed E-state index contributed by atoms with van der Waals surface area (Å²) in [7, 11) is 0. The maximum Gasteiger partial charge on any atom is 0.417 e. The summed E-state index contributed by atoms with van der Waals surface area (Å²) in [5.41, 5.74) is -5.89. The van der Waals surface area contributed by atoms with Crippen LogP contribution in [0.4, 0.5) is 26.3 Å². The van der Waals surface area contributed by atoms with E-state index < -0.39 is 34.6 Å². The van der Waals surface area contributed by atoms with Gasteiger partial charge in [0.2, 0.25) is 0 Å². The lowest BCUT2D eigenvalue weighted by Gasteiger charge is -2.15. The van der Waals surface area contributed by atoms with Gasteiger partial charge in [0.25, 0.3) is 0 Å². The molecule has 0 aliphatic carbocycles. The van der Waals surface area contributed by atoms with Gasteiger partial charge in [-0.3, -0.25) is 4.79 Å². The SMILES string of the molecule is N#Cc1c(C(F)(F)F)cc(C=O)cc1C(F)(F)F. The number of halogens is 6. The summed E-state index contributed by atoms with van der Waals surface area (Å²) in [6.45, 7) is 0. The van der Waals surface area contributed by atoms with E-state index in [1.807, 2.05) is 0 Å². The first kappa shape index (κ1) is 14.0. The Morgan fingerprint density at radius 2 is 1.39 bits per heavy atom. The second-order valence-electron chi connectivity index (χ2n) is 3.22. The molecule has 0 atom stereocenters. The van der Waals surface area contributed by atoms with Crippen molar-refractivity contribution in [1.29, 1.82) is 5.26 Å². The highest BCUT2D eigenvalue weighted by atomic mass is 19.4. The molecule has 1 aromatic carbocycles. The number of rotatable bonds is 1. The summed E-state index contributed by atoms with van der Waals surface area (Å²) in [4.78, 5) is 10.3. The minimum Gasteiger partial charge on any atom is -0.298 e. The fourth-order valence-corrected chi connectivity index (χ4v) is 1.30. The average Bonchev–Trinajstić information content (AvgIpc) is 2.24. The molecule has 0 heterocycles. The Morgan fingerprint density at radius 1 is 1.00 bits per heavy atom. The van der Waals surface area contributed by atoms with Crippen molar-refractivity contribution in [2.75, 3.05) is 0 Å². The zero-order valence-electron chi connectivity index (χ0n) is 8.36. The molecule has 1 aromatic rings. The van der Waals surface area contributed by atoms with E-state index in [1.54, 1.807) is 0 Å². The van der Waals surface area contributed by atoms with Crippen LogP contribution in [0.3, 0.4) is 0 Å². The topological polar surface area (TPSA) is 40.9 Å². The summed E-state index contributed by atoms with van der Waals surface area (Å²) in [6.07, 6.45) is -10.4. The largest absolute Gasteiger partial charge is 0.417 e. The third kappa shape index (κ3) is 2.61. The van der Waals surface area contributed by atoms with Gasteiger partial charge in [-0.2, -0.15) is 31.6 Å². The maximum absolute atomic E-state index is 12.5. The number of nitrogens with zero attached hydrogens (tertiary/aromatic N) is 1. The van der Waals surface area contributed by atoms with Crippen LogP contribution in [0.5, 0.6) is 0 Å². The quantitative estimate of drug-likeness (QED) is 0.578. The predicted molar refractivity (Wildman–Crippen MR) is 46.5 cm³/mol. The van der Waals surface area contributed by atoms with E-state index in [9.17, 15) is 31.1 Å². The van der Waals surface area contributed by atoms with Gasteiger partial charge >= 0.3 is 12.4 Å². The Morgan fingerprint density at radius 3 is 1.61 bits per heavy atom. The van der Waals surface area contributed by atoms with Crippen LogP contribution in [-0.4, -0.2) is 6.29 Å². The third-order valence-corrected chi connectivity index (χ3v) is 2.02. The molecule has 0 aliphatic heterocycles. The Kier molecular flexibility index (Phi) is 3.37. The molecule has 2 nitrogen and oxygen atoms in total. The maximum atomic E-state index is 12.5. The normalized spacial score (nSPS) is 12.1. The molecule has 0 bridgehead atoms. The Balaban J connectivity index is 3.74. The van der Waals surface area contributed by atoms with Crippen molar-refractivity contribution in [3.05, 3.63) is 34.4 Å². The van der Waals surface area contributed by atoms with E-state index in [1.165, 1.54) is 0 Å². The first-order valence-corrected chi connectivity index (χ1v) is 4.29. The van der Waals surface area contributed by atoms with E-state index >= 15 is 0 Å². The highest BCUT2D eigenvalue weighted by Crippen LogP contribution is 2.39. The van der Waals surface area contributed by atoms with Gasteiger partial charge in [0.05, 0.1) is 16.7 Å². The number of carbonyl (C=O) groups excluding carboxylic acids is 1. The van der Waals surface area contributed by atoms with Crippen LogP contribution in [-0.2, 0) is 12.4 Å². The number of benzene rings is 1. The first-order chi connectivity index (χ1) is 8.11. The zero-order valence-corrected chi connectivity index (χ0v) is 8.36. The van der Waals surface area contributed by atoms with Crippen LogP contribution in [0.2, 0.25) is 0 Å². The molecule has 0 spiro atoms. The van der Waals surface area contributed by atoms with Gasteiger partial charge in [0, 0.05) is 5.56 Å². The number of aldehydes is 1. The molecular weight excluding hydrogens is 264 g/mol. The van der Waals surface area contributed by atoms with Crippen molar-refractivity contribution in [3.63, 3.8) is 0 Å². The van der Waals surface area contributed by atoms with Crippen molar-refractivity contribution in [3.8, 4) is 6.07 Å². The molecule has 0 amide bonds. The molecule has 8 heteroatoms. The number of hydrogen-bond donors (Lipinski definition) is 0. The second kappa shape index (κ2) is 4.33. The molecule has 0 aliphatic rings. The molecule has 0 saturated carbocycles. The standard InChI is InChI=1S/C10H3F6NO/c11-9(12,13)7-1-5(4-18)2-8(6(7)3-17)10(14,15)16/h1-2,4H. The number of hydrogen-bond acceptors (Lipinski definition) is 2. The molecular formula is C10H3F6NO. The molecule has 0 aromatic heterocycles. The van der Waals surface area contributed by atoms with Gasteiger partial charge in [-0.15, -0.1) is 0 Å². The lowest BCUT2D eigenvalue weighted by Crippen LogP contribution is -2.16. The van der Waals surface area contributed by atoms with Crippen LogP contribution in [0.25, 0.3) is 0 Å². The fourth-order valence-electron chi connectivity index (χ4n) is 1.30. The van der Waals surface area contributed by atoms with Gasteiger partial charge in [-0.05, 0) is 12.1 Å². The second-order valence-corrected chi connectivity index (χ2v) is 3.22. The fraction of sp³-hybridized carbons (Fsp3) is 0.200. The van der Waals surface area contributed by atoms with Crippen molar-refractivity contribution in [2.45, 2.75) is 12.4 Å². The van der Waals surface area contributed by atoms with Gasteiger partial charge in [0.15, 0.2) is 0 Å². The minimum absolute atomic E-state index is 0.147. The summed E-state index contributed by atoms with van der Waals surface area (Å²) in [5.74, 6) is 0. The van der Waals surface area contributed by atoms with Gasteiger partial charge in [-0.1, -0.05) is 0 Å². The lowest BCUT2D eigenvalue weighted by molar-refractivity contribution is -0.143. The van der Waals surface area contributed by atoms with Crippen LogP contribution >= 0.6 is 0 Å². The van der Waals surface area contributed by atoms with Crippen molar-refractivity contribution >= 4 is 6.29 Å². The van der Waals surface area contributed by atoms with Crippen molar-refractivity contribution in [2.24, 2.45) is 0 Å². The Bertz CT molecular complexity index is 488. The van der Waals surface area contributed by atoms with Gasteiger partial charge in [-0.25, -0.2) is 0 Å². The highest BCUT2D eigenvalue weighted by molar-refractivity contribution is 5.77. The predicted octanol–water partition coefficient (Wildman–Crippen LogP) is 3.41. The molecule has 18 heavy (non-hydrogen) atoms. The van der Waals surface area contributed by atoms with Crippen molar-refractivity contribution in [1.82, 2.24) is 0 Å². The van der Waals surface area contributed by atoms with E-state index in [0.717, 1.165) is 6.07 Å². The molecule has 1 rings (SSSR count). The van der Waals surface area contributed by atoms with E-state index in [0.29, 0.717) is 0 Å². The van der Waals surface area contributed by atoms with Gasteiger partial charge < -0.3 is 0 Å². The lowest BCUT2D eigenvalue weighted by atomic mass is 9.98. The van der Waals surface area contributed by atoms with Gasteiger partial charge in [0.1, 0.15) is 12.4 Å². The van der Waals surface area contributed by atoms with Crippen LogP contribution in [0.15, 0.2) is 12.1 Å². The molecule has 0 fully saturated rings. The third-order valence-electron chi connectivity index (χ3n) is 2.02. The summed E-state index contributed by atoms with van der Waals surface area (Å²) in [5, 5.41) is 8.45. The molecule has 0 unspecified atom stereocenters.